The molecular weight excluding hydrogens is 302 g/mol. The van der Waals surface area contributed by atoms with E-state index in [2.05, 4.69) is 4.98 Å². The van der Waals surface area contributed by atoms with Crippen molar-refractivity contribution in [2.24, 2.45) is 0 Å². The number of aryl methyl sites for hydroxylation is 2. The summed E-state index contributed by atoms with van der Waals surface area (Å²) in [6.45, 7) is 0. The van der Waals surface area contributed by atoms with Crippen LogP contribution in [0, 0.1) is 0 Å². The summed E-state index contributed by atoms with van der Waals surface area (Å²) in [7, 11) is 0. The second-order valence-electron chi connectivity index (χ2n) is 6.10. The minimum atomic E-state index is 0.245. The van der Waals surface area contributed by atoms with E-state index in [0.29, 0.717) is 19.3 Å². The largest absolute Gasteiger partial charge is 0.508 e. The number of Topliss-reactive ketones (excluding diaryl/α,β-unsaturated/α-hetero) is 1. The summed E-state index contributed by atoms with van der Waals surface area (Å²) in [6, 6.07) is 12.3. The number of aromatic nitrogens is 1. The number of rotatable bonds is 7. The lowest BCUT2D eigenvalue weighted by Gasteiger charge is -2.03. The summed E-state index contributed by atoms with van der Waals surface area (Å²) >= 11 is 0. The number of nitrogens with one attached hydrogen (secondary N) is 1. The van der Waals surface area contributed by atoms with Crippen LogP contribution < -0.4 is 0 Å². The quantitative estimate of drug-likeness (QED) is 0.613. The Labute approximate surface area is 140 Å². The van der Waals surface area contributed by atoms with Crippen molar-refractivity contribution in [3.05, 3.63) is 59.8 Å². The minimum absolute atomic E-state index is 0.245. The van der Waals surface area contributed by atoms with Crippen LogP contribution in [0.25, 0.3) is 10.9 Å². The normalized spacial score (nSPS) is 11.0. The molecule has 0 fully saturated rings. The van der Waals surface area contributed by atoms with Crippen LogP contribution in [0.15, 0.2) is 48.7 Å². The van der Waals surface area contributed by atoms with Crippen LogP contribution in [0.2, 0.25) is 0 Å². The molecule has 1 aromatic heterocycles. The zero-order valence-electron chi connectivity index (χ0n) is 13.5. The van der Waals surface area contributed by atoms with Crippen LogP contribution in [0.4, 0.5) is 0 Å². The van der Waals surface area contributed by atoms with E-state index in [1.807, 2.05) is 24.4 Å². The molecule has 0 aliphatic carbocycles. The third kappa shape index (κ3) is 3.96. The Bertz CT molecular complexity index is 834. The molecule has 0 saturated heterocycles. The zero-order valence-corrected chi connectivity index (χ0v) is 13.5. The van der Waals surface area contributed by atoms with E-state index in [1.165, 1.54) is 0 Å². The number of carbonyl (C=O) groups is 1. The summed E-state index contributed by atoms with van der Waals surface area (Å²) in [5.74, 6) is 0.758. The highest BCUT2D eigenvalue weighted by Crippen LogP contribution is 2.24. The average molecular weight is 323 g/mol. The molecule has 0 saturated carbocycles. The summed E-state index contributed by atoms with van der Waals surface area (Å²) in [6.07, 6.45) is 5.36. The van der Waals surface area contributed by atoms with Gasteiger partial charge in [-0.3, -0.25) is 4.79 Å². The molecule has 0 atom stereocenters. The molecule has 0 radical (unpaired) electrons. The summed E-state index contributed by atoms with van der Waals surface area (Å²) in [5, 5.41) is 19.9. The van der Waals surface area contributed by atoms with Gasteiger partial charge in [-0.2, -0.15) is 0 Å². The van der Waals surface area contributed by atoms with Gasteiger partial charge in [0.25, 0.3) is 0 Å². The summed E-state index contributed by atoms with van der Waals surface area (Å²) < 4.78 is 0. The maximum Gasteiger partial charge on any atom is 0.133 e. The lowest BCUT2D eigenvalue weighted by atomic mass is 10.0. The number of aromatic amines is 1. The van der Waals surface area contributed by atoms with Gasteiger partial charge in [-0.25, -0.2) is 0 Å². The first kappa shape index (κ1) is 16.1. The second kappa shape index (κ2) is 7.21. The van der Waals surface area contributed by atoms with Crippen LogP contribution in [-0.2, 0) is 17.6 Å². The first-order valence-electron chi connectivity index (χ1n) is 8.20. The summed E-state index contributed by atoms with van der Waals surface area (Å²) in [4.78, 5) is 15.2. The van der Waals surface area contributed by atoms with Crippen LogP contribution in [-0.4, -0.2) is 21.0 Å². The van der Waals surface area contributed by atoms with E-state index in [4.69, 9.17) is 0 Å². The topological polar surface area (TPSA) is 73.3 Å². The summed E-state index contributed by atoms with van der Waals surface area (Å²) in [5.41, 5.74) is 3.20. The second-order valence-corrected chi connectivity index (χ2v) is 6.10. The molecule has 4 nitrogen and oxygen atoms in total. The van der Waals surface area contributed by atoms with E-state index in [9.17, 15) is 15.0 Å². The smallest absolute Gasteiger partial charge is 0.133 e. The molecule has 24 heavy (non-hydrogen) atoms. The fraction of sp³-hybridized carbons (Fsp3) is 0.250. The van der Waals surface area contributed by atoms with Gasteiger partial charge in [-0.15, -0.1) is 0 Å². The Morgan fingerprint density at radius 1 is 0.917 bits per heavy atom. The molecule has 0 aliphatic rings. The molecule has 124 valence electrons. The molecule has 0 spiro atoms. The van der Waals surface area contributed by atoms with Crippen LogP contribution >= 0.6 is 0 Å². The number of benzene rings is 2. The Morgan fingerprint density at radius 2 is 1.67 bits per heavy atom. The fourth-order valence-corrected chi connectivity index (χ4v) is 2.92. The number of hydrogen-bond acceptors (Lipinski definition) is 3. The van der Waals surface area contributed by atoms with Gasteiger partial charge < -0.3 is 15.2 Å². The van der Waals surface area contributed by atoms with E-state index in [0.717, 1.165) is 34.9 Å². The van der Waals surface area contributed by atoms with Crippen molar-refractivity contribution in [2.45, 2.75) is 32.1 Å². The van der Waals surface area contributed by atoms with Gasteiger partial charge in [0.1, 0.15) is 17.3 Å². The van der Waals surface area contributed by atoms with Crippen molar-refractivity contribution in [1.82, 2.24) is 4.98 Å². The Kier molecular flexibility index (Phi) is 4.85. The number of carbonyl (C=O) groups excluding carboxylic acids is 1. The molecule has 2 aromatic carbocycles. The number of ketones is 1. The van der Waals surface area contributed by atoms with Gasteiger partial charge in [0, 0.05) is 29.9 Å². The Hall–Kier alpha value is -2.75. The highest BCUT2D eigenvalue weighted by atomic mass is 16.3. The molecular formula is C20H21NO3. The van der Waals surface area contributed by atoms with E-state index in [-0.39, 0.29) is 17.3 Å². The molecule has 0 amide bonds. The molecule has 3 rings (SSSR count). The first-order valence-corrected chi connectivity index (χ1v) is 8.20. The monoisotopic (exact) mass is 323 g/mol. The Morgan fingerprint density at radius 3 is 2.46 bits per heavy atom. The lowest BCUT2D eigenvalue weighted by Crippen LogP contribution is -2.01. The predicted molar refractivity (Wildman–Crippen MR) is 94.3 cm³/mol. The van der Waals surface area contributed by atoms with Gasteiger partial charge in [0.05, 0.1) is 0 Å². The van der Waals surface area contributed by atoms with E-state index in [1.54, 1.807) is 24.3 Å². The van der Waals surface area contributed by atoms with Gasteiger partial charge in [-0.05, 0) is 60.7 Å². The van der Waals surface area contributed by atoms with Crippen LogP contribution in [0.5, 0.6) is 11.5 Å². The van der Waals surface area contributed by atoms with Gasteiger partial charge in [-0.1, -0.05) is 12.1 Å². The Balaban J connectivity index is 1.47. The fourth-order valence-electron chi connectivity index (χ4n) is 2.92. The van der Waals surface area contributed by atoms with Crippen LogP contribution in [0.3, 0.4) is 0 Å². The SMILES string of the molecule is O=C(CCCc1c[nH]c2ccc(O)cc12)CCc1ccc(O)cc1. The minimum Gasteiger partial charge on any atom is -0.508 e. The van der Waals surface area contributed by atoms with Crippen molar-refractivity contribution in [1.29, 1.82) is 0 Å². The van der Waals surface area contributed by atoms with Crippen molar-refractivity contribution < 1.29 is 15.0 Å². The van der Waals surface area contributed by atoms with Gasteiger partial charge >= 0.3 is 0 Å². The van der Waals surface area contributed by atoms with E-state index >= 15 is 0 Å². The molecule has 0 aliphatic heterocycles. The van der Waals surface area contributed by atoms with Crippen LogP contribution in [0.1, 0.15) is 30.4 Å². The number of phenolic OH excluding ortho intramolecular Hbond substituents is 2. The third-order valence-corrected chi connectivity index (χ3v) is 4.28. The number of hydrogen-bond donors (Lipinski definition) is 3. The number of aromatic hydroxyl groups is 2. The predicted octanol–water partition coefficient (Wildman–Crippen LogP) is 4.10. The molecule has 3 aromatic rings. The molecule has 4 heteroatoms. The average Bonchev–Trinajstić information content (AvgIpc) is 2.97. The molecule has 1 heterocycles. The zero-order chi connectivity index (χ0) is 16.9. The highest BCUT2D eigenvalue weighted by molar-refractivity contribution is 5.84. The van der Waals surface area contributed by atoms with E-state index < -0.39 is 0 Å². The van der Waals surface area contributed by atoms with Crippen molar-refractivity contribution in [2.75, 3.05) is 0 Å². The van der Waals surface area contributed by atoms with Gasteiger partial charge in [0.15, 0.2) is 0 Å². The maximum atomic E-state index is 12.0. The molecule has 0 bridgehead atoms. The van der Waals surface area contributed by atoms with Crippen molar-refractivity contribution in [3.63, 3.8) is 0 Å². The standard InChI is InChI=1S/C20H21NO3/c22-16(7-4-14-5-8-17(23)9-6-14)3-1-2-15-13-21-20-11-10-18(24)12-19(15)20/h5-6,8-13,21,23-24H,1-4,7H2. The number of phenols is 2. The van der Waals surface area contributed by atoms with Gasteiger partial charge in [0.2, 0.25) is 0 Å². The molecule has 3 N–H and O–H groups in total. The molecule has 0 unspecified atom stereocenters. The third-order valence-electron chi connectivity index (χ3n) is 4.28. The van der Waals surface area contributed by atoms with Crippen molar-refractivity contribution >= 4 is 16.7 Å². The number of fused-ring (bicyclic) bond motifs is 1. The van der Waals surface area contributed by atoms with Crippen molar-refractivity contribution in [3.8, 4) is 11.5 Å². The lowest BCUT2D eigenvalue weighted by molar-refractivity contribution is -0.119. The highest BCUT2D eigenvalue weighted by Gasteiger charge is 2.07. The maximum absolute atomic E-state index is 12.0. The number of H-pyrrole nitrogens is 1. The first-order chi connectivity index (χ1) is 11.6.